The van der Waals surface area contributed by atoms with Crippen LogP contribution in [0.25, 0.3) is 0 Å². The molecule has 1 aliphatic carbocycles. The fourth-order valence-corrected chi connectivity index (χ4v) is 3.05. The largest absolute Gasteiger partial charge is 0.497 e. The maximum Gasteiger partial charge on any atom is 0.123 e. The predicted octanol–water partition coefficient (Wildman–Crippen LogP) is 3.76. The topological polar surface area (TPSA) is 30.5 Å². The molecule has 0 atom stereocenters. The van der Waals surface area contributed by atoms with Gasteiger partial charge in [0.2, 0.25) is 0 Å². The van der Waals surface area contributed by atoms with Crippen LogP contribution in [-0.2, 0) is 6.54 Å². The van der Waals surface area contributed by atoms with Gasteiger partial charge in [-0.1, -0.05) is 13.3 Å². The van der Waals surface area contributed by atoms with E-state index in [0.717, 1.165) is 24.0 Å². The summed E-state index contributed by atoms with van der Waals surface area (Å²) >= 11 is 0. The number of nitrogens with one attached hydrogen (secondary N) is 1. The molecule has 1 fully saturated rings. The smallest absolute Gasteiger partial charge is 0.123 e. The Morgan fingerprint density at radius 2 is 1.85 bits per heavy atom. The van der Waals surface area contributed by atoms with E-state index in [1.54, 1.807) is 14.2 Å². The lowest BCUT2D eigenvalue weighted by molar-refractivity contribution is 0.284. The summed E-state index contributed by atoms with van der Waals surface area (Å²) in [6, 6.07) is 6.62. The summed E-state index contributed by atoms with van der Waals surface area (Å²) < 4.78 is 10.7. The van der Waals surface area contributed by atoms with Crippen molar-refractivity contribution in [3.63, 3.8) is 0 Å². The number of methoxy groups -OCH3 is 2. The van der Waals surface area contributed by atoms with Gasteiger partial charge in [0, 0.05) is 18.2 Å². The van der Waals surface area contributed by atoms with Crippen LogP contribution in [0.3, 0.4) is 0 Å². The number of rotatable bonds is 6. The standard InChI is InChI=1S/C17H27NO2/c1-4-13-5-7-15(8-6-13)18-12-14-11-16(19-2)9-10-17(14)20-3/h9-11,13,15,18H,4-8,12H2,1-3H3. The van der Waals surface area contributed by atoms with Gasteiger partial charge in [0.15, 0.2) is 0 Å². The number of ether oxygens (including phenoxy) is 2. The van der Waals surface area contributed by atoms with Crippen molar-refractivity contribution in [2.75, 3.05) is 14.2 Å². The lowest BCUT2D eigenvalue weighted by Gasteiger charge is -2.28. The van der Waals surface area contributed by atoms with Gasteiger partial charge in [-0.3, -0.25) is 0 Å². The van der Waals surface area contributed by atoms with Crippen molar-refractivity contribution in [1.82, 2.24) is 5.32 Å². The van der Waals surface area contributed by atoms with E-state index >= 15 is 0 Å². The third kappa shape index (κ3) is 3.89. The molecule has 0 amide bonds. The average Bonchev–Trinajstić information content (AvgIpc) is 2.53. The Bertz CT molecular complexity index is 411. The van der Waals surface area contributed by atoms with Crippen LogP contribution in [0.2, 0.25) is 0 Å². The number of hydrogen-bond donors (Lipinski definition) is 1. The van der Waals surface area contributed by atoms with Crippen LogP contribution in [0, 0.1) is 5.92 Å². The van der Waals surface area contributed by atoms with E-state index < -0.39 is 0 Å². The second kappa shape index (κ2) is 7.53. The molecule has 112 valence electrons. The van der Waals surface area contributed by atoms with Crippen molar-refractivity contribution in [1.29, 1.82) is 0 Å². The highest BCUT2D eigenvalue weighted by molar-refractivity contribution is 5.40. The molecule has 0 aliphatic heterocycles. The van der Waals surface area contributed by atoms with Crippen LogP contribution in [0.4, 0.5) is 0 Å². The molecule has 3 heteroatoms. The minimum Gasteiger partial charge on any atom is -0.497 e. The summed E-state index contributed by atoms with van der Waals surface area (Å²) in [4.78, 5) is 0. The zero-order valence-corrected chi connectivity index (χ0v) is 12.9. The van der Waals surface area contributed by atoms with Gasteiger partial charge in [0.25, 0.3) is 0 Å². The average molecular weight is 277 g/mol. The van der Waals surface area contributed by atoms with E-state index in [4.69, 9.17) is 9.47 Å². The fraction of sp³-hybridized carbons (Fsp3) is 0.647. The molecule has 1 N–H and O–H groups in total. The van der Waals surface area contributed by atoms with Crippen molar-refractivity contribution in [3.05, 3.63) is 23.8 Å². The van der Waals surface area contributed by atoms with Crippen molar-refractivity contribution in [2.24, 2.45) is 5.92 Å². The summed E-state index contributed by atoms with van der Waals surface area (Å²) in [6.45, 7) is 3.15. The number of benzene rings is 1. The molecule has 0 bridgehead atoms. The minimum atomic E-state index is 0.647. The Morgan fingerprint density at radius 1 is 1.10 bits per heavy atom. The molecule has 1 aliphatic rings. The second-order valence-electron chi connectivity index (χ2n) is 5.68. The molecule has 1 saturated carbocycles. The normalized spacial score (nSPS) is 22.6. The van der Waals surface area contributed by atoms with Gasteiger partial charge in [0.1, 0.15) is 11.5 Å². The molecule has 0 spiro atoms. The van der Waals surface area contributed by atoms with E-state index in [1.165, 1.54) is 37.7 Å². The summed E-state index contributed by atoms with van der Waals surface area (Å²) in [6.07, 6.45) is 6.65. The third-order valence-electron chi connectivity index (χ3n) is 4.49. The molecule has 1 aromatic rings. The molecule has 20 heavy (non-hydrogen) atoms. The van der Waals surface area contributed by atoms with Crippen LogP contribution in [-0.4, -0.2) is 20.3 Å². The molecule has 2 rings (SSSR count). The monoisotopic (exact) mass is 277 g/mol. The fourth-order valence-electron chi connectivity index (χ4n) is 3.05. The molecular formula is C17H27NO2. The molecular weight excluding hydrogens is 250 g/mol. The van der Waals surface area contributed by atoms with E-state index in [1.807, 2.05) is 12.1 Å². The Labute approximate surface area is 122 Å². The zero-order chi connectivity index (χ0) is 14.4. The first-order valence-corrected chi connectivity index (χ1v) is 7.71. The first-order chi connectivity index (χ1) is 9.76. The highest BCUT2D eigenvalue weighted by atomic mass is 16.5. The summed E-state index contributed by atoms with van der Waals surface area (Å²) in [5.74, 6) is 2.76. The SMILES string of the molecule is CCC1CCC(NCc2cc(OC)ccc2OC)CC1. The van der Waals surface area contributed by atoms with Crippen molar-refractivity contribution in [2.45, 2.75) is 51.6 Å². The maximum absolute atomic E-state index is 5.42. The van der Waals surface area contributed by atoms with Gasteiger partial charge in [-0.05, 0) is 49.8 Å². The van der Waals surface area contributed by atoms with Gasteiger partial charge in [-0.2, -0.15) is 0 Å². The molecule has 0 saturated heterocycles. The van der Waals surface area contributed by atoms with E-state index in [0.29, 0.717) is 6.04 Å². The van der Waals surface area contributed by atoms with Gasteiger partial charge < -0.3 is 14.8 Å². The maximum atomic E-state index is 5.42. The zero-order valence-electron chi connectivity index (χ0n) is 12.9. The molecule has 3 nitrogen and oxygen atoms in total. The molecule has 1 aromatic carbocycles. The first kappa shape index (κ1) is 15.2. The molecule has 0 radical (unpaired) electrons. The van der Waals surface area contributed by atoms with E-state index in [-0.39, 0.29) is 0 Å². The lowest BCUT2D eigenvalue weighted by atomic mass is 9.84. The Morgan fingerprint density at radius 3 is 2.45 bits per heavy atom. The van der Waals surface area contributed by atoms with Crippen LogP contribution in [0.15, 0.2) is 18.2 Å². The van der Waals surface area contributed by atoms with Crippen molar-refractivity contribution in [3.8, 4) is 11.5 Å². The summed E-state index contributed by atoms with van der Waals surface area (Å²) in [5.41, 5.74) is 1.17. The van der Waals surface area contributed by atoms with Gasteiger partial charge in [-0.25, -0.2) is 0 Å². The van der Waals surface area contributed by atoms with Crippen molar-refractivity contribution >= 4 is 0 Å². The summed E-state index contributed by atoms with van der Waals surface area (Å²) in [7, 11) is 3.42. The van der Waals surface area contributed by atoms with Crippen LogP contribution in [0.1, 0.15) is 44.6 Å². The predicted molar refractivity (Wildman–Crippen MR) is 82.4 cm³/mol. The van der Waals surface area contributed by atoms with Crippen LogP contribution in [0.5, 0.6) is 11.5 Å². The third-order valence-corrected chi connectivity index (χ3v) is 4.49. The van der Waals surface area contributed by atoms with Gasteiger partial charge in [-0.15, -0.1) is 0 Å². The quantitative estimate of drug-likeness (QED) is 0.858. The molecule has 0 heterocycles. The Balaban J connectivity index is 1.90. The lowest BCUT2D eigenvalue weighted by Crippen LogP contribution is -2.32. The van der Waals surface area contributed by atoms with Crippen molar-refractivity contribution < 1.29 is 9.47 Å². The summed E-state index contributed by atoms with van der Waals surface area (Å²) in [5, 5.41) is 3.67. The molecule has 0 unspecified atom stereocenters. The second-order valence-corrected chi connectivity index (χ2v) is 5.68. The van der Waals surface area contributed by atoms with E-state index in [9.17, 15) is 0 Å². The molecule has 0 aromatic heterocycles. The highest BCUT2D eigenvalue weighted by Gasteiger charge is 2.19. The minimum absolute atomic E-state index is 0.647. The highest BCUT2D eigenvalue weighted by Crippen LogP contribution is 2.28. The van der Waals surface area contributed by atoms with E-state index in [2.05, 4.69) is 18.3 Å². The first-order valence-electron chi connectivity index (χ1n) is 7.71. The number of hydrogen-bond acceptors (Lipinski definition) is 3. The Hall–Kier alpha value is -1.22. The van der Waals surface area contributed by atoms with Crippen LogP contribution < -0.4 is 14.8 Å². The van der Waals surface area contributed by atoms with Crippen LogP contribution >= 0.6 is 0 Å². The van der Waals surface area contributed by atoms with Gasteiger partial charge >= 0.3 is 0 Å². The van der Waals surface area contributed by atoms with Gasteiger partial charge in [0.05, 0.1) is 14.2 Å². The Kier molecular flexibility index (Phi) is 5.72.